The number of fused-ring (bicyclic) bond motifs is 2. The van der Waals surface area contributed by atoms with Crippen LogP contribution in [0, 0.1) is 0 Å². The van der Waals surface area contributed by atoms with Gasteiger partial charge in [-0.3, -0.25) is 14.5 Å². The number of carbonyl (C=O) groups is 2. The van der Waals surface area contributed by atoms with Gasteiger partial charge in [0.1, 0.15) is 6.61 Å². The van der Waals surface area contributed by atoms with E-state index in [1.165, 1.54) is 4.90 Å². The fourth-order valence-electron chi connectivity index (χ4n) is 4.95. The molecule has 0 atom stereocenters. The van der Waals surface area contributed by atoms with Crippen LogP contribution in [-0.4, -0.2) is 22.7 Å². The third-order valence-corrected chi connectivity index (χ3v) is 8.10. The van der Waals surface area contributed by atoms with Gasteiger partial charge in [-0.05, 0) is 81.2 Å². The van der Waals surface area contributed by atoms with Gasteiger partial charge in [-0.2, -0.15) is 0 Å². The van der Waals surface area contributed by atoms with Crippen molar-refractivity contribution in [1.29, 1.82) is 0 Å². The molecule has 1 aliphatic rings. The number of thioether (sulfide) groups is 1. The Hall–Kier alpha value is -4.26. The van der Waals surface area contributed by atoms with E-state index in [4.69, 9.17) is 21.1 Å². The Kier molecular flexibility index (Phi) is 7.68. The zero-order valence-corrected chi connectivity index (χ0v) is 23.9. The highest BCUT2D eigenvalue weighted by molar-refractivity contribution is 8.18. The molecule has 41 heavy (non-hydrogen) atoms. The van der Waals surface area contributed by atoms with E-state index in [1.54, 1.807) is 18.2 Å². The molecule has 1 aliphatic heterocycles. The van der Waals surface area contributed by atoms with Crippen LogP contribution in [0.4, 0.5) is 4.79 Å². The largest absolute Gasteiger partial charge is 0.490 e. The Labute approximate surface area is 247 Å². The minimum atomic E-state index is -0.335. The Bertz CT molecular complexity index is 1830. The molecule has 7 heteroatoms. The molecule has 1 fully saturated rings. The highest BCUT2D eigenvalue weighted by Crippen LogP contribution is 2.40. The lowest BCUT2D eigenvalue weighted by molar-refractivity contribution is -0.123. The van der Waals surface area contributed by atoms with E-state index in [2.05, 4.69) is 24.3 Å². The van der Waals surface area contributed by atoms with Crippen LogP contribution in [0.5, 0.6) is 11.5 Å². The van der Waals surface area contributed by atoms with Crippen LogP contribution in [0.3, 0.4) is 0 Å². The zero-order valence-electron chi connectivity index (χ0n) is 22.3. The maximum absolute atomic E-state index is 13.3. The molecule has 5 aromatic rings. The maximum atomic E-state index is 13.3. The monoisotopic (exact) mass is 579 g/mol. The molecule has 0 radical (unpaired) electrons. The summed E-state index contributed by atoms with van der Waals surface area (Å²) in [6.07, 6.45) is 1.68. The summed E-state index contributed by atoms with van der Waals surface area (Å²) < 4.78 is 12.0. The first-order chi connectivity index (χ1) is 20.0. The molecule has 204 valence electrons. The molecular weight excluding hydrogens is 554 g/mol. The lowest BCUT2D eigenvalue weighted by Gasteiger charge is -2.15. The minimum absolute atomic E-state index is 0.204. The van der Waals surface area contributed by atoms with Crippen molar-refractivity contribution in [3.8, 4) is 11.5 Å². The summed E-state index contributed by atoms with van der Waals surface area (Å²) in [5, 5.41) is 4.43. The third kappa shape index (κ3) is 5.67. The van der Waals surface area contributed by atoms with Crippen LogP contribution < -0.4 is 9.47 Å². The lowest BCUT2D eigenvalue weighted by Crippen LogP contribution is -2.27. The van der Waals surface area contributed by atoms with Crippen molar-refractivity contribution >= 4 is 62.1 Å². The number of imide groups is 1. The van der Waals surface area contributed by atoms with Crippen molar-refractivity contribution < 1.29 is 19.1 Å². The van der Waals surface area contributed by atoms with E-state index in [0.29, 0.717) is 40.2 Å². The molecule has 2 amide bonds. The number of benzene rings is 5. The summed E-state index contributed by atoms with van der Waals surface area (Å²) in [6, 6.07) is 31.7. The predicted molar refractivity (Wildman–Crippen MR) is 166 cm³/mol. The van der Waals surface area contributed by atoms with Gasteiger partial charge in [0.25, 0.3) is 11.1 Å². The smallest absolute Gasteiger partial charge is 0.293 e. The van der Waals surface area contributed by atoms with E-state index < -0.39 is 0 Å². The molecule has 0 unspecified atom stereocenters. The second-order valence-corrected chi connectivity index (χ2v) is 11.0. The fraction of sp³-hybridized carbons (Fsp3) is 0.118. The summed E-state index contributed by atoms with van der Waals surface area (Å²) in [6.45, 7) is 2.81. The van der Waals surface area contributed by atoms with Crippen LogP contribution in [0.15, 0.2) is 102 Å². The van der Waals surface area contributed by atoms with Gasteiger partial charge >= 0.3 is 0 Å². The van der Waals surface area contributed by atoms with Gasteiger partial charge in [-0.1, -0.05) is 90.5 Å². The van der Waals surface area contributed by atoms with Crippen molar-refractivity contribution in [2.45, 2.75) is 20.1 Å². The van der Waals surface area contributed by atoms with Gasteiger partial charge in [-0.25, -0.2) is 0 Å². The molecule has 1 heterocycles. The molecule has 0 saturated carbocycles. The third-order valence-electron chi connectivity index (χ3n) is 6.91. The summed E-state index contributed by atoms with van der Waals surface area (Å²) in [4.78, 5) is 27.8. The van der Waals surface area contributed by atoms with Crippen LogP contribution in [0.1, 0.15) is 23.6 Å². The SMILES string of the molecule is CCOc1cc(/C=C2/SC(=O)N(Cc3cccc4ccccc34)C2=O)cc(Cl)c1OCc1ccc2ccccc2c1. The van der Waals surface area contributed by atoms with E-state index in [1.807, 2.05) is 67.6 Å². The quantitative estimate of drug-likeness (QED) is 0.172. The topological polar surface area (TPSA) is 55.8 Å². The second kappa shape index (κ2) is 11.7. The molecular formula is C34H26ClNO4S. The maximum Gasteiger partial charge on any atom is 0.293 e. The standard InChI is InChI=1S/C34H26ClNO4S/c1-2-39-30-18-23(17-29(35)32(30)40-21-22-14-15-24-8-3-4-10-26(24)16-22)19-31-33(37)36(34(38)41-31)20-27-12-7-11-25-9-5-6-13-28(25)27/h3-19H,2,20-21H2,1H3/b31-19+. The van der Waals surface area contributed by atoms with Crippen molar-refractivity contribution in [3.63, 3.8) is 0 Å². The Morgan fingerprint density at radius 3 is 2.41 bits per heavy atom. The number of hydrogen-bond acceptors (Lipinski definition) is 5. The molecule has 0 N–H and O–H groups in total. The average Bonchev–Trinajstić information content (AvgIpc) is 3.24. The number of ether oxygens (including phenoxy) is 2. The first kappa shape index (κ1) is 26.9. The summed E-state index contributed by atoms with van der Waals surface area (Å²) in [5.74, 6) is 0.573. The van der Waals surface area contributed by atoms with E-state index in [9.17, 15) is 9.59 Å². The number of hydrogen-bond donors (Lipinski definition) is 0. The molecule has 0 aliphatic carbocycles. The Morgan fingerprint density at radius 1 is 0.829 bits per heavy atom. The van der Waals surface area contributed by atoms with Gasteiger partial charge in [-0.15, -0.1) is 0 Å². The van der Waals surface area contributed by atoms with Crippen molar-refractivity contribution in [1.82, 2.24) is 4.90 Å². The minimum Gasteiger partial charge on any atom is -0.490 e. The molecule has 0 aromatic heterocycles. The van der Waals surface area contributed by atoms with Crippen LogP contribution >= 0.6 is 23.4 Å². The first-order valence-electron chi connectivity index (χ1n) is 13.3. The molecule has 6 rings (SSSR count). The number of halogens is 1. The van der Waals surface area contributed by atoms with Gasteiger partial charge in [0.15, 0.2) is 11.5 Å². The summed E-state index contributed by atoms with van der Waals surface area (Å²) in [5.41, 5.74) is 2.57. The van der Waals surface area contributed by atoms with E-state index in [-0.39, 0.29) is 17.7 Å². The highest BCUT2D eigenvalue weighted by Gasteiger charge is 2.35. The van der Waals surface area contributed by atoms with Crippen molar-refractivity contribution in [2.75, 3.05) is 6.61 Å². The van der Waals surface area contributed by atoms with Crippen LogP contribution in [-0.2, 0) is 17.9 Å². The van der Waals surface area contributed by atoms with Gasteiger partial charge in [0, 0.05) is 0 Å². The summed E-state index contributed by atoms with van der Waals surface area (Å²) >= 11 is 7.59. The number of carbonyl (C=O) groups excluding carboxylic acids is 2. The van der Waals surface area contributed by atoms with Crippen LogP contribution in [0.2, 0.25) is 5.02 Å². The zero-order chi connectivity index (χ0) is 28.3. The van der Waals surface area contributed by atoms with Crippen molar-refractivity contribution in [3.05, 3.63) is 124 Å². The lowest BCUT2D eigenvalue weighted by atomic mass is 10.0. The molecule has 5 nitrogen and oxygen atoms in total. The Morgan fingerprint density at radius 2 is 1.59 bits per heavy atom. The molecule has 0 bridgehead atoms. The number of amides is 2. The van der Waals surface area contributed by atoms with E-state index in [0.717, 1.165) is 44.4 Å². The van der Waals surface area contributed by atoms with Crippen LogP contribution in [0.25, 0.3) is 27.6 Å². The molecule has 5 aromatic carbocycles. The molecule has 0 spiro atoms. The number of rotatable bonds is 8. The van der Waals surface area contributed by atoms with Gasteiger partial charge in [0.05, 0.1) is 23.1 Å². The van der Waals surface area contributed by atoms with Gasteiger partial charge in [0.2, 0.25) is 0 Å². The summed E-state index contributed by atoms with van der Waals surface area (Å²) in [7, 11) is 0. The van der Waals surface area contributed by atoms with E-state index >= 15 is 0 Å². The fourth-order valence-corrected chi connectivity index (χ4v) is 6.06. The number of nitrogens with zero attached hydrogens (tertiary/aromatic N) is 1. The predicted octanol–water partition coefficient (Wildman–Crippen LogP) is 8.86. The Balaban J connectivity index is 1.23. The van der Waals surface area contributed by atoms with Crippen molar-refractivity contribution in [2.24, 2.45) is 0 Å². The highest BCUT2D eigenvalue weighted by atomic mass is 35.5. The van der Waals surface area contributed by atoms with Gasteiger partial charge < -0.3 is 9.47 Å². The first-order valence-corrected chi connectivity index (χ1v) is 14.5. The average molecular weight is 580 g/mol. The normalized spacial score (nSPS) is 14.4. The molecule has 1 saturated heterocycles. The second-order valence-electron chi connectivity index (χ2n) is 9.64.